The van der Waals surface area contributed by atoms with Gasteiger partial charge in [-0.05, 0) is 12.1 Å². The molecule has 9 heteroatoms. The molecule has 1 heterocycles. The van der Waals surface area contributed by atoms with Crippen molar-refractivity contribution in [1.82, 2.24) is 4.90 Å². The van der Waals surface area contributed by atoms with E-state index in [2.05, 4.69) is 13.9 Å². The smallest absolute Gasteiger partial charge is 0.425 e. The Balaban J connectivity index is 2.62. The second kappa shape index (κ2) is 4.93. The largest absolute Gasteiger partial charge is 0.452 e. The molecule has 0 spiro atoms. The van der Waals surface area contributed by atoms with Crippen molar-refractivity contribution < 1.29 is 27.5 Å². The quantitative estimate of drug-likeness (QED) is 0.707. The number of nitrogens with zero attached hydrogens (tertiary/aromatic N) is 2. The lowest BCUT2D eigenvalue weighted by atomic mass is 10.2. The fraction of sp³-hybridized carbons (Fsp3) is 0.182. The summed E-state index contributed by atoms with van der Waals surface area (Å²) in [5.41, 5.74) is 0.128. The van der Waals surface area contributed by atoms with Crippen molar-refractivity contribution in [2.45, 2.75) is 4.90 Å². The van der Waals surface area contributed by atoms with E-state index < -0.39 is 22.2 Å². The number of carbonyl (C=O) groups is 2. The SMILES string of the molecule is COC(=O)N(C(=O)OC)C1=NS(=O)(=O)c2ccccc21. The first kappa shape index (κ1) is 14.0. The fourth-order valence-electron chi connectivity index (χ4n) is 1.68. The van der Waals surface area contributed by atoms with Crippen molar-refractivity contribution in [2.75, 3.05) is 14.2 Å². The Kier molecular flexibility index (Phi) is 3.45. The summed E-state index contributed by atoms with van der Waals surface area (Å²) in [5.74, 6) is -0.348. The molecule has 8 nitrogen and oxygen atoms in total. The van der Waals surface area contributed by atoms with Crippen molar-refractivity contribution >= 4 is 28.0 Å². The van der Waals surface area contributed by atoms with Crippen LogP contribution in [0.25, 0.3) is 0 Å². The molecule has 0 saturated heterocycles. The molecule has 20 heavy (non-hydrogen) atoms. The number of carbonyl (C=O) groups excluding carboxylic acids is 2. The average Bonchev–Trinajstić information content (AvgIpc) is 2.71. The van der Waals surface area contributed by atoms with Crippen LogP contribution in [0.2, 0.25) is 0 Å². The molecule has 0 saturated carbocycles. The van der Waals surface area contributed by atoms with Crippen LogP contribution in [0, 0.1) is 0 Å². The number of benzene rings is 1. The van der Waals surface area contributed by atoms with Gasteiger partial charge in [-0.15, -0.1) is 4.40 Å². The van der Waals surface area contributed by atoms with Gasteiger partial charge in [0.15, 0.2) is 5.84 Å². The topological polar surface area (TPSA) is 102 Å². The minimum atomic E-state index is -3.95. The van der Waals surface area contributed by atoms with Gasteiger partial charge in [0, 0.05) is 5.56 Å². The molecule has 0 atom stereocenters. The van der Waals surface area contributed by atoms with E-state index in [4.69, 9.17) is 0 Å². The average molecular weight is 298 g/mol. The van der Waals surface area contributed by atoms with Crippen LogP contribution in [-0.2, 0) is 19.5 Å². The summed E-state index contributed by atoms with van der Waals surface area (Å²) in [7, 11) is -1.85. The maximum Gasteiger partial charge on any atom is 0.425 e. The molecule has 0 unspecified atom stereocenters. The van der Waals surface area contributed by atoms with Crippen LogP contribution in [0.4, 0.5) is 9.59 Å². The summed E-state index contributed by atoms with van der Waals surface area (Å²) < 4.78 is 36.1. The minimum absolute atomic E-state index is 0.0900. The Morgan fingerprint density at radius 3 is 2.20 bits per heavy atom. The van der Waals surface area contributed by atoms with Gasteiger partial charge >= 0.3 is 12.2 Å². The first-order chi connectivity index (χ1) is 9.42. The number of hydrogen-bond acceptors (Lipinski definition) is 6. The maximum atomic E-state index is 11.9. The van der Waals surface area contributed by atoms with E-state index in [0.717, 1.165) is 14.2 Å². The van der Waals surface area contributed by atoms with E-state index >= 15 is 0 Å². The number of rotatable bonds is 0. The number of amides is 2. The summed E-state index contributed by atoms with van der Waals surface area (Å²) >= 11 is 0. The van der Waals surface area contributed by atoms with E-state index in [1.807, 2.05) is 0 Å². The zero-order valence-electron chi connectivity index (χ0n) is 10.6. The van der Waals surface area contributed by atoms with Gasteiger partial charge in [-0.3, -0.25) is 0 Å². The predicted molar refractivity (Wildman–Crippen MR) is 66.8 cm³/mol. The summed E-state index contributed by atoms with van der Waals surface area (Å²) in [6, 6.07) is 5.82. The Morgan fingerprint density at radius 1 is 1.10 bits per heavy atom. The lowest BCUT2D eigenvalue weighted by Gasteiger charge is -2.17. The highest BCUT2D eigenvalue weighted by Gasteiger charge is 2.38. The maximum absolute atomic E-state index is 11.9. The number of ether oxygens (including phenoxy) is 2. The summed E-state index contributed by atoms with van der Waals surface area (Å²) in [6.45, 7) is 0. The first-order valence-electron chi connectivity index (χ1n) is 5.32. The molecule has 0 bridgehead atoms. The fourth-order valence-corrected chi connectivity index (χ4v) is 2.87. The van der Waals surface area contributed by atoms with Crippen molar-refractivity contribution in [1.29, 1.82) is 0 Å². The van der Waals surface area contributed by atoms with Gasteiger partial charge in [-0.25, -0.2) is 9.59 Å². The van der Waals surface area contributed by atoms with E-state index in [9.17, 15) is 18.0 Å². The molecule has 106 valence electrons. The molecule has 2 rings (SSSR count). The standard InChI is InChI=1S/C11H10N2O6S/c1-18-10(14)13(11(15)19-2)9-7-5-3-4-6-8(7)20(16,17)12-9/h3-6H,1-2H3. The Morgan fingerprint density at radius 2 is 1.65 bits per heavy atom. The zero-order valence-corrected chi connectivity index (χ0v) is 11.4. The molecule has 2 amide bonds. The van der Waals surface area contributed by atoms with Gasteiger partial charge in [-0.2, -0.15) is 13.3 Å². The third kappa shape index (κ3) is 2.11. The molecular weight excluding hydrogens is 288 g/mol. The number of sulfonamides is 1. The molecule has 1 aliphatic rings. The van der Waals surface area contributed by atoms with Crippen molar-refractivity contribution in [3.63, 3.8) is 0 Å². The van der Waals surface area contributed by atoms with Gasteiger partial charge in [0.2, 0.25) is 0 Å². The highest BCUT2D eigenvalue weighted by atomic mass is 32.2. The number of methoxy groups -OCH3 is 2. The van der Waals surface area contributed by atoms with Crippen LogP contribution in [0.5, 0.6) is 0 Å². The van der Waals surface area contributed by atoms with E-state index in [-0.39, 0.29) is 16.3 Å². The van der Waals surface area contributed by atoms with Crippen LogP contribution < -0.4 is 0 Å². The molecule has 1 aromatic rings. The third-order valence-electron chi connectivity index (χ3n) is 2.54. The molecule has 0 aromatic heterocycles. The van der Waals surface area contributed by atoms with Crippen molar-refractivity contribution in [2.24, 2.45) is 4.40 Å². The number of fused-ring (bicyclic) bond motifs is 1. The van der Waals surface area contributed by atoms with E-state index in [1.165, 1.54) is 18.2 Å². The van der Waals surface area contributed by atoms with Crippen molar-refractivity contribution in [3.05, 3.63) is 29.8 Å². The predicted octanol–water partition coefficient (Wildman–Crippen LogP) is 0.970. The van der Waals surface area contributed by atoms with Gasteiger partial charge in [0.05, 0.1) is 14.2 Å². The lowest BCUT2D eigenvalue weighted by Crippen LogP contribution is -2.41. The zero-order chi connectivity index (χ0) is 14.9. The van der Waals surface area contributed by atoms with E-state index in [0.29, 0.717) is 4.90 Å². The van der Waals surface area contributed by atoms with Gasteiger partial charge < -0.3 is 9.47 Å². The molecular formula is C11H10N2O6S. The summed E-state index contributed by atoms with van der Waals surface area (Å²) in [4.78, 5) is 23.6. The van der Waals surface area contributed by atoms with Crippen LogP contribution >= 0.6 is 0 Å². The minimum Gasteiger partial charge on any atom is -0.452 e. The molecule has 0 N–H and O–H groups in total. The van der Waals surface area contributed by atoms with Gasteiger partial charge in [0.1, 0.15) is 4.90 Å². The normalized spacial score (nSPS) is 15.0. The monoisotopic (exact) mass is 298 g/mol. The Bertz CT molecular complexity index is 693. The summed E-state index contributed by atoms with van der Waals surface area (Å²) in [5, 5.41) is 0. The number of imide groups is 1. The highest BCUT2D eigenvalue weighted by molar-refractivity contribution is 7.90. The Hall–Kier alpha value is -2.42. The van der Waals surface area contributed by atoms with E-state index in [1.54, 1.807) is 6.07 Å². The highest BCUT2D eigenvalue weighted by Crippen LogP contribution is 2.27. The third-order valence-corrected chi connectivity index (χ3v) is 3.86. The van der Waals surface area contributed by atoms with Gasteiger partial charge in [0.25, 0.3) is 10.0 Å². The second-order valence-electron chi connectivity index (χ2n) is 3.66. The van der Waals surface area contributed by atoms with Crippen LogP contribution in [-0.4, -0.2) is 45.6 Å². The van der Waals surface area contributed by atoms with Gasteiger partial charge in [-0.1, -0.05) is 12.1 Å². The summed E-state index contributed by atoms with van der Waals surface area (Å²) in [6.07, 6.45) is -2.19. The Labute approximate surface area is 114 Å². The van der Waals surface area contributed by atoms with Crippen LogP contribution in [0.1, 0.15) is 5.56 Å². The second-order valence-corrected chi connectivity index (χ2v) is 5.23. The van der Waals surface area contributed by atoms with Crippen LogP contribution in [0.3, 0.4) is 0 Å². The first-order valence-corrected chi connectivity index (χ1v) is 6.76. The molecule has 0 radical (unpaired) electrons. The molecule has 0 aliphatic carbocycles. The molecule has 1 aliphatic heterocycles. The number of amidine groups is 1. The molecule has 0 fully saturated rings. The molecule has 1 aromatic carbocycles. The van der Waals surface area contributed by atoms with Crippen LogP contribution in [0.15, 0.2) is 33.6 Å². The van der Waals surface area contributed by atoms with Crippen molar-refractivity contribution in [3.8, 4) is 0 Å². The number of hydrogen-bond donors (Lipinski definition) is 0. The lowest BCUT2D eigenvalue weighted by molar-refractivity contribution is 0.120.